The molecule has 0 unspecified atom stereocenters. The molecule has 0 spiro atoms. The topological polar surface area (TPSA) is 35.6 Å². The molecule has 2 rings (SSSR count). The van der Waals surface area contributed by atoms with Gasteiger partial charge in [0.15, 0.2) is 0 Å². The summed E-state index contributed by atoms with van der Waals surface area (Å²) in [6.07, 6.45) is 5.97. The Morgan fingerprint density at radius 1 is 1.16 bits per heavy atom. The van der Waals surface area contributed by atoms with Gasteiger partial charge in [-0.3, -0.25) is 14.6 Å². The first kappa shape index (κ1) is 19.9. The molecule has 0 radical (unpaired) electrons. The molecule has 4 nitrogen and oxygen atoms in total. The van der Waals surface area contributed by atoms with Crippen molar-refractivity contribution in [3.63, 3.8) is 0 Å². The van der Waals surface area contributed by atoms with E-state index >= 15 is 0 Å². The summed E-state index contributed by atoms with van der Waals surface area (Å²) in [6, 6.07) is 5.79. The van der Waals surface area contributed by atoms with Crippen molar-refractivity contribution in [2.45, 2.75) is 50.6 Å². The Bertz CT molecular complexity index is 553. The van der Waals surface area contributed by atoms with E-state index in [1.54, 1.807) is 12.1 Å². The number of carbonyl (C=O) groups excluding carboxylic acids is 1. The van der Waals surface area contributed by atoms with Crippen molar-refractivity contribution in [1.29, 1.82) is 0 Å². The molecule has 0 bridgehead atoms. The van der Waals surface area contributed by atoms with Crippen LogP contribution in [0.1, 0.15) is 50.6 Å². The number of carbonyl (C=O) groups is 1. The summed E-state index contributed by atoms with van der Waals surface area (Å²) in [7, 11) is 5.91. The van der Waals surface area contributed by atoms with Crippen molar-refractivity contribution in [2.24, 2.45) is 0 Å². The number of nitrogens with one attached hydrogen (secondary N) is 1. The summed E-state index contributed by atoms with van der Waals surface area (Å²) in [6.45, 7) is 3.81. The molecule has 1 aromatic rings. The number of hydrogen-bond donors (Lipinski definition) is 1. The highest BCUT2D eigenvalue weighted by Gasteiger charge is 2.36. The monoisotopic (exact) mass is 349 g/mol. The molecule has 1 fully saturated rings. The molecular weight excluding hydrogens is 317 g/mol. The largest absolute Gasteiger partial charge is 0.353 e. The molecule has 0 aliphatic heterocycles. The minimum absolute atomic E-state index is 0.0222. The lowest BCUT2D eigenvalue weighted by atomic mass is 9.80. The van der Waals surface area contributed by atoms with Gasteiger partial charge in [0.1, 0.15) is 11.9 Å². The first-order valence-corrected chi connectivity index (χ1v) is 9.30. The van der Waals surface area contributed by atoms with Gasteiger partial charge in [-0.1, -0.05) is 38.3 Å². The van der Waals surface area contributed by atoms with Gasteiger partial charge in [0, 0.05) is 12.1 Å². The van der Waals surface area contributed by atoms with Crippen LogP contribution in [0.4, 0.5) is 4.39 Å². The van der Waals surface area contributed by atoms with Crippen LogP contribution in [-0.2, 0) is 4.79 Å². The van der Waals surface area contributed by atoms with Gasteiger partial charge in [-0.2, -0.15) is 0 Å². The van der Waals surface area contributed by atoms with E-state index in [0.717, 1.165) is 24.9 Å². The molecule has 1 atom stereocenters. The molecular formula is C20H32FN3O. The predicted molar refractivity (Wildman–Crippen MR) is 100.0 cm³/mol. The first-order valence-electron chi connectivity index (χ1n) is 9.30. The lowest BCUT2D eigenvalue weighted by Crippen LogP contribution is -2.56. The van der Waals surface area contributed by atoms with Gasteiger partial charge in [0.2, 0.25) is 5.91 Å². The molecule has 0 heterocycles. The van der Waals surface area contributed by atoms with E-state index in [-0.39, 0.29) is 17.3 Å². The zero-order valence-electron chi connectivity index (χ0n) is 16.0. The fraction of sp³-hybridized carbons (Fsp3) is 0.650. The maximum absolute atomic E-state index is 13.2. The van der Waals surface area contributed by atoms with E-state index < -0.39 is 6.04 Å². The van der Waals surface area contributed by atoms with Crippen molar-refractivity contribution >= 4 is 5.91 Å². The highest BCUT2D eigenvalue weighted by atomic mass is 19.1. The van der Waals surface area contributed by atoms with Crippen molar-refractivity contribution in [3.05, 3.63) is 35.6 Å². The van der Waals surface area contributed by atoms with Crippen LogP contribution in [0, 0.1) is 5.82 Å². The molecule has 1 aliphatic carbocycles. The second-order valence-corrected chi connectivity index (χ2v) is 7.43. The van der Waals surface area contributed by atoms with E-state index in [9.17, 15) is 9.18 Å². The molecule has 1 aliphatic rings. The minimum Gasteiger partial charge on any atom is -0.353 e. The number of likely N-dealkylation sites (N-methyl/N-ethyl adjacent to an activating group) is 2. The van der Waals surface area contributed by atoms with Gasteiger partial charge >= 0.3 is 0 Å². The predicted octanol–water partition coefficient (Wildman–Crippen LogP) is 3.20. The molecule has 0 saturated heterocycles. The van der Waals surface area contributed by atoms with Crippen LogP contribution in [0.15, 0.2) is 24.3 Å². The molecule has 5 heteroatoms. The van der Waals surface area contributed by atoms with Crippen molar-refractivity contribution in [1.82, 2.24) is 15.1 Å². The van der Waals surface area contributed by atoms with E-state index in [4.69, 9.17) is 0 Å². The van der Waals surface area contributed by atoms with E-state index in [2.05, 4.69) is 24.2 Å². The smallest absolute Gasteiger partial charge is 0.242 e. The summed E-state index contributed by atoms with van der Waals surface area (Å²) in [4.78, 5) is 17.2. The third-order valence-electron chi connectivity index (χ3n) is 5.61. The lowest BCUT2D eigenvalue weighted by Gasteiger charge is -2.45. The van der Waals surface area contributed by atoms with E-state index in [1.807, 2.05) is 19.0 Å². The fourth-order valence-corrected chi connectivity index (χ4v) is 3.92. The average Bonchev–Trinajstić information content (AvgIpc) is 2.61. The average molecular weight is 349 g/mol. The first-order chi connectivity index (χ1) is 11.9. The highest BCUT2D eigenvalue weighted by Crippen LogP contribution is 2.32. The van der Waals surface area contributed by atoms with Crippen LogP contribution in [0.5, 0.6) is 0 Å². The van der Waals surface area contributed by atoms with Crippen LogP contribution >= 0.6 is 0 Å². The second kappa shape index (κ2) is 8.77. The SMILES string of the molecule is CCN(C)C1(CNC(=O)[C@H](c2ccc(F)cc2)N(C)C)CCCCC1. The van der Waals surface area contributed by atoms with Crippen molar-refractivity contribution in [2.75, 3.05) is 34.2 Å². The van der Waals surface area contributed by atoms with Crippen molar-refractivity contribution < 1.29 is 9.18 Å². The summed E-state index contributed by atoms with van der Waals surface area (Å²) in [5, 5.41) is 3.19. The normalized spacial score (nSPS) is 18.4. The van der Waals surface area contributed by atoms with Gasteiger partial charge < -0.3 is 5.32 Å². The van der Waals surface area contributed by atoms with Gasteiger partial charge in [-0.25, -0.2) is 4.39 Å². The zero-order chi connectivity index (χ0) is 18.4. The Balaban J connectivity index is 2.10. The second-order valence-electron chi connectivity index (χ2n) is 7.43. The number of rotatable bonds is 7. The maximum Gasteiger partial charge on any atom is 0.242 e. The zero-order valence-corrected chi connectivity index (χ0v) is 16.0. The Labute approximate surface area is 151 Å². The van der Waals surface area contributed by atoms with E-state index in [1.165, 1.54) is 31.4 Å². The number of nitrogens with zero attached hydrogens (tertiary/aromatic N) is 2. The van der Waals surface area contributed by atoms with E-state index in [0.29, 0.717) is 6.54 Å². The summed E-state index contributed by atoms with van der Waals surface area (Å²) >= 11 is 0. The Hall–Kier alpha value is -1.46. The molecule has 1 saturated carbocycles. The minimum atomic E-state index is -0.409. The summed E-state index contributed by atoms with van der Waals surface area (Å²) in [5.74, 6) is -0.307. The summed E-state index contributed by atoms with van der Waals surface area (Å²) < 4.78 is 13.2. The maximum atomic E-state index is 13.2. The number of amides is 1. The molecule has 140 valence electrons. The van der Waals surface area contributed by atoms with Crippen LogP contribution in [0.2, 0.25) is 0 Å². The number of benzene rings is 1. The Kier molecular flexibility index (Phi) is 6.96. The van der Waals surface area contributed by atoms with Gasteiger partial charge in [-0.15, -0.1) is 0 Å². The van der Waals surface area contributed by atoms with Crippen LogP contribution < -0.4 is 5.32 Å². The van der Waals surface area contributed by atoms with Gasteiger partial charge in [0.25, 0.3) is 0 Å². The fourth-order valence-electron chi connectivity index (χ4n) is 3.92. The van der Waals surface area contributed by atoms with Crippen LogP contribution in [0.3, 0.4) is 0 Å². The quantitative estimate of drug-likeness (QED) is 0.821. The lowest BCUT2D eigenvalue weighted by molar-refractivity contribution is -0.126. The number of hydrogen-bond acceptors (Lipinski definition) is 3. The van der Waals surface area contributed by atoms with Gasteiger partial charge in [-0.05, 0) is 58.2 Å². The highest BCUT2D eigenvalue weighted by molar-refractivity contribution is 5.83. The Morgan fingerprint density at radius 3 is 2.28 bits per heavy atom. The van der Waals surface area contributed by atoms with Crippen LogP contribution in [0.25, 0.3) is 0 Å². The van der Waals surface area contributed by atoms with Crippen LogP contribution in [-0.4, -0.2) is 55.5 Å². The molecule has 0 aromatic heterocycles. The summed E-state index contributed by atoms with van der Waals surface area (Å²) in [5.41, 5.74) is 0.868. The standard InChI is InChI=1S/C20H32FN3O/c1-5-24(4)20(13-7-6-8-14-20)15-22-19(25)18(23(2)3)16-9-11-17(21)12-10-16/h9-12,18H,5-8,13-15H2,1-4H3,(H,22,25)/t18-/m0/s1. The third kappa shape index (κ3) is 4.79. The molecule has 25 heavy (non-hydrogen) atoms. The van der Waals surface area contributed by atoms with Gasteiger partial charge in [0.05, 0.1) is 0 Å². The number of halogens is 1. The van der Waals surface area contributed by atoms with Crippen molar-refractivity contribution in [3.8, 4) is 0 Å². The third-order valence-corrected chi connectivity index (χ3v) is 5.61. The molecule has 1 aromatic carbocycles. The Morgan fingerprint density at radius 2 is 1.76 bits per heavy atom. The molecule has 1 N–H and O–H groups in total. The molecule has 1 amide bonds.